The summed E-state index contributed by atoms with van der Waals surface area (Å²) >= 11 is 0. The predicted octanol–water partition coefficient (Wildman–Crippen LogP) is 2.24. The molecule has 0 aromatic carbocycles. The fourth-order valence-corrected chi connectivity index (χ4v) is 3.35. The Hall–Kier alpha value is -1.03. The number of anilines is 1. The van der Waals surface area contributed by atoms with Gasteiger partial charge in [0, 0.05) is 25.7 Å². The van der Waals surface area contributed by atoms with Gasteiger partial charge in [0.05, 0.1) is 12.3 Å². The number of hydrogen-bond donors (Lipinski definition) is 1. The quantitative estimate of drug-likeness (QED) is 0.895. The number of aliphatic hydroxyl groups is 1. The van der Waals surface area contributed by atoms with Crippen molar-refractivity contribution in [2.45, 2.75) is 52.2 Å². The van der Waals surface area contributed by atoms with Crippen molar-refractivity contribution in [3.63, 3.8) is 0 Å². The van der Waals surface area contributed by atoms with Gasteiger partial charge in [-0.05, 0) is 25.7 Å². The van der Waals surface area contributed by atoms with Crippen LogP contribution < -0.4 is 4.90 Å². The normalized spacial score (nSPS) is 24.3. The summed E-state index contributed by atoms with van der Waals surface area (Å²) in [6.07, 6.45) is 5.21. The number of aryl methyl sites for hydroxylation is 2. The van der Waals surface area contributed by atoms with E-state index >= 15 is 0 Å². The van der Waals surface area contributed by atoms with Gasteiger partial charge < -0.3 is 10.0 Å². The maximum atomic E-state index is 9.55. The van der Waals surface area contributed by atoms with E-state index in [1.165, 1.54) is 25.7 Å². The molecule has 1 saturated carbocycles. The SMILES string of the molecule is Cc1nn(C)c(N(C)C2CCCCC2C)c1CO. The molecule has 0 bridgehead atoms. The van der Waals surface area contributed by atoms with Gasteiger partial charge in [0.15, 0.2) is 0 Å². The molecule has 1 N–H and O–H groups in total. The highest BCUT2D eigenvalue weighted by atomic mass is 16.3. The van der Waals surface area contributed by atoms with E-state index in [1.54, 1.807) is 0 Å². The monoisotopic (exact) mass is 251 g/mol. The highest BCUT2D eigenvalue weighted by Crippen LogP contribution is 2.32. The molecule has 0 amide bonds. The zero-order valence-electron chi connectivity index (χ0n) is 12.0. The van der Waals surface area contributed by atoms with Crippen LogP contribution in [0.4, 0.5) is 5.82 Å². The molecule has 1 aromatic heterocycles. The van der Waals surface area contributed by atoms with Gasteiger partial charge in [-0.3, -0.25) is 4.68 Å². The minimum absolute atomic E-state index is 0.0699. The Morgan fingerprint density at radius 3 is 2.67 bits per heavy atom. The molecule has 1 aliphatic rings. The number of aliphatic hydroxyl groups excluding tert-OH is 1. The molecule has 2 unspecified atom stereocenters. The first-order chi connectivity index (χ1) is 8.56. The van der Waals surface area contributed by atoms with Crippen molar-refractivity contribution in [1.82, 2.24) is 9.78 Å². The van der Waals surface area contributed by atoms with Gasteiger partial charge in [-0.25, -0.2) is 0 Å². The van der Waals surface area contributed by atoms with Crippen LogP contribution in [0.25, 0.3) is 0 Å². The van der Waals surface area contributed by atoms with Gasteiger partial charge in [-0.15, -0.1) is 0 Å². The number of aromatic nitrogens is 2. The minimum atomic E-state index is 0.0699. The van der Waals surface area contributed by atoms with Crippen molar-refractivity contribution in [3.8, 4) is 0 Å². The highest BCUT2D eigenvalue weighted by molar-refractivity contribution is 5.50. The van der Waals surface area contributed by atoms with Crippen LogP contribution in [-0.2, 0) is 13.7 Å². The van der Waals surface area contributed by atoms with Crippen molar-refractivity contribution in [1.29, 1.82) is 0 Å². The summed E-state index contributed by atoms with van der Waals surface area (Å²) in [5.74, 6) is 1.79. The lowest BCUT2D eigenvalue weighted by molar-refractivity contribution is 0.279. The molecular formula is C14H25N3O. The molecule has 102 valence electrons. The molecular weight excluding hydrogens is 226 g/mol. The van der Waals surface area contributed by atoms with E-state index < -0.39 is 0 Å². The fraction of sp³-hybridized carbons (Fsp3) is 0.786. The first kappa shape index (κ1) is 13.4. The second-order valence-electron chi connectivity index (χ2n) is 5.61. The van der Waals surface area contributed by atoms with E-state index in [0.29, 0.717) is 12.0 Å². The Morgan fingerprint density at radius 2 is 2.06 bits per heavy atom. The van der Waals surface area contributed by atoms with E-state index in [1.807, 2.05) is 18.7 Å². The molecule has 1 aromatic rings. The van der Waals surface area contributed by atoms with Crippen molar-refractivity contribution in [3.05, 3.63) is 11.3 Å². The van der Waals surface area contributed by atoms with Crippen molar-refractivity contribution in [2.75, 3.05) is 11.9 Å². The van der Waals surface area contributed by atoms with Crippen molar-refractivity contribution < 1.29 is 5.11 Å². The molecule has 0 aliphatic heterocycles. The lowest BCUT2D eigenvalue weighted by atomic mass is 9.85. The number of rotatable bonds is 3. The van der Waals surface area contributed by atoms with E-state index in [2.05, 4.69) is 24.0 Å². The molecule has 4 heteroatoms. The molecule has 2 rings (SSSR count). The van der Waals surface area contributed by atoms with Crippen LogP contribution in [0, 0.1) is 12.8 Å². The Bertz CT molecular complexity index is 413. The third-order valence-corrected chi connectivity index (χ3v) is 4.37. The van der Waals surface area contributed by atoms with Crippen LogP contribution in [0.5, 0.6) is 0 Å². The van der Waals surface area contributed by atoms with E-state index in [4.69, 9.17) is 0 Å². The summed E-state index contributed by atoms with van der Waals surface area (Å²) in [4.78, 5) is 2.33. The molecule has 0 spiro atoms. The average Bonchev–Trinajstić information content (AvgIpc) is 2.63. The number of nitrogens with zero attached hydrogens (tertiary/aromatic N) is 3. The topological polar surface area (TPSA) is 41.3 Å². The summed E-state index contributed by atoms with van der Waals surface area (Å²) < 4.78 is 1.90. The first-order valence-electron chi connectivity index (χ1n) is 6.92. The molecule has 1 fully saturated rings. The summed E-state index contributed by atoms with van der Waals surface area (Å²) in [5.41, 5.74) is 1.91. The standard InChI is InChI=1S/C14H25N3O/c1-10-7-5-6-8-13(10)16(3)14-12(9-18)11(2)15-17(14)4/h10,13,18H,5-9H2,1-4H3. The van der Waals surface area contributed by atoms with Gasteiger partial charge in [-0.2, -0.15) is 5.10 Å². The lowest BCUT2D eigenvalue weighted by Gasteiger charge is -2.37. The molecule has 1 aliphatic carbocycles. The van der Waals surface area contributed by atoms with Crippen LogP contribution in [-0.4, -0.2) is 28.0 Å². The van der Waals surface area contributed by atoms with Gasteiger partial charge >= 0.3 is 0 Å². The molecule has 18 heavy (non-hydrogen) atoms. The second-order valence-corrected chi connectivity index (χ2v) is 5.61. The van der Waals surface area contributed by atoms with Crippen LogP contribution in [0.3, 0.4) is 0 Å². The Morgan fingerprint density at radius 1 is 1.39 bits per heavy atom. The van der Waals surface area contributed by atoms with Gasteiger partial charge in [0.1, 0.15) is 5.82 Å². The average molecular weight is 251 g/mol. The maximum Gasteiger partial charge on any atom is 0.132 e. The Balaban J connectivity index is 2.29. The van der Waals surface area contributed by atoms with Crippen LogP contribution >= 0.6 is 0 Å². The van der Waals surface area contributed by atoms with Crippen molar-refractivity contribution in [2.24, 2.45) is 13.0 Å². The van der Waals surface area contributed by atoms with Gasteiger partial charge in [0.2, 0.25) is 0 Å². The van der Waals surface area contributed by atoms with E-state index in [-0.39, 0.29) is 6.61 Å². The third-order valence-electron chi connectivity index (χ3n) is 4.37. The summed E-state index contributed by atoms with van der Waals surface area (Å²) in [6, 6.07) is 0.568. The summed E-state index contributed by atoms with van der Waals surface area (Å²) in [6.45, 7) is 4.37. The molecule has 4 nitrogen and oxygen atoms in total. The van der Waals surface area contributed by atoms with Crippen LogP contribution in [0.2, 0.25) is 0 Å². The van der Waals surface area contributed by atoms with E-state index in [9.17, 15) is 5.11 Å². The molecule has 0 radical (unpaired) electrons. The maximum absolute atomic E-state index is 9.55. The Kier molecular flexibility index (Phi) is 3.95. The predicted molar refractivity (Wildman–Crippen MR) is 73.7 cm³/mol. The highest BCUT2D eigenvalue weighted by Gasteiger charge is 2.28. The minimum Gasteiger partial charge on any atom is -0.391 e. The summed E-state index contributed by atoms with van der Waals surface area (Å²) in [7, 11) is 4.10. The van der Waals surface area contributed by atoms with Gasteiger partial charge in [-0.1, -0.05) is 19.8 Å². The largest absolute Gasteiger partial charge is 0.391 e. The lowest BCUT2D eigenvalue weighted by Crippen LogP contribution is -2.40. The molecule has 1 heterocycles. The van der Waals surface area contributed by atoms with Crippen LogP contribution in [0.1, 0.15) is 43.9 Å². The van der Waals surface area contributed by atoms with Crippen LogP contribution in [0.15, 0.2) is 0 Å². The van der Waals surface area contributed by atoms with E-state index in [0.717, 1.165) is 17.1 Å². The fourth-order valence-electron chi connectivity index (χ4n) is 3.35. The molecule has 0 saturated heterocycles. The van der Waals surface area contributed by atoms with Crippen molar-refractivity contribution >= 4 is 5.82 Å². The second kappa shape index (κ2) is 5.31. The number of hydrogen-bond acceptors (Lipinski definition) is 3. The zero-order valence-corrected chi connectivity index (χ0v) is 12.0. The zero-order chi connectivity index (χ0) is 13.3. The summed E-state index contributed by atoms with van der Waals surface area (Å²) in [5, 5.41) is 14.0. The molecule has 2 atom stereocenters. The first-order valence-corrected chi connectivity index (χ1v) is 6.92. The third kappa shape index (κ3) is 2.26. The Labute approximate surface area is 110 Å². The smallest absolute Gasteiger partial charge is 0.132 e. The van der Waals surface area contributed by atoms with Gasteiger partial charge in [0.25, 0.3) is 0 Å².